The Kier molecular flexibility index (Phi) is 4.43. The van der Waals surface area contributed by atoms with Crippen molar-refractivity contribution in [3.8, 4) is 0 Å². The number of carbonyl (C=O) groups is 1. The van der Waals surface area contributed by atoms with Crippen molar-refractivity contribution < 1.29 is 4.79 Å². The molecule has 1 saturated heterocycles. The summed E-state index contributed by atoms with van der Waals surface area (Å²) in [6, 6.07) is 0.817. The lowest BCUT2D eigenvalue weighted by molar-refractivity contribution is -0.134. The molecule has 0 radical (unpaired) electrons. The van der Waals surface area contributed by atoms with E-state index in [-0.39, 0.29) is 0 Å². The van der Waals surface area contributed by atoms with Crippen LogP contribution in [-0.2, 0) is 4.79 Å². The fraction of sp³-hybridized carbons (Fsp3) is 0.929. The second-order valence-electron chi connectivity index (χ2n) is 5.95. The second kappa shape index (κ2) is 5.85. The van der Waals surface area contributed by atoms with Gasteiger partial charge in [0.2, 0.25) is 5.91 Å². The van der Waals surface area contributed by atoms with Crippen LogP contribution in [0.15, 0.2) is 0 Å². The Labute approximate surface area is 105 Å². The maximum Gasteiger partial charge on any atom is 0.222 e. The number of hydrogen-bond donors (Lipinski definition) is 0. The summed E-state index contributed by atoms with van der Waals surface area (Å²) in [6.45, 7) is 8.31. The fourth-order valence-electron chi connectivity index (χ4n) is 3.08. The molecule has 0 aromatic heterocycles. The highest BCUT2D eigenvalue weighted by molar-refractivity contribution is 5.76. The molecule has 0 bridgehead atoms. The number of amides is 1. The zero-order valence-electron chi connectivity index (χ0n) is 11.3. The Hall–Kier alpha value is -0.570. The molecule has 0 N–H and O–H groups in total. The second-order valence-corrected chi connectivity index (χ2v) is 5.95. The normalized spacial score (nSPS) is 23.6. The lowest BCUT2D eigenvalue weighted by Gasteiger charge is -2.38. The van der Waals surface area contributed by atoms with Crippen molar-refractivity contribution in [1.29, 1.82) is 0 Å². The van der Waals surface area contributed by atoms with E-state index in [1.54, 1.807) is 0 Å². The van der Waals surface area contributed by atoms with Crippen LogP contribution in [0.2, 0.25) is 0 Å². The first-order chi connectivity index (χ1) is 8.16. The molecule has 17 heavy (non-hydrogen) atoms. The van der Waals surface area contributed by atoms with E-state index in [4.69, 9.17) is 0 Å². The van der Waals surface area contributed by atoms with E-state index in [1.807, 2.05) is 0 Å². The standard InChI is InChI=1S/C14H26N2O/c1-12(2)11-14(17)16-9-7-15(8-10-16)13-5-3-4-6-13/h12-13H,3-11H2,1-2H3. The van der Waals surface area contributed by atoms with E-state index in [9.17, 15) is 4.79 Å². The van der Waals surface area contributed by atoms with Crippen molar-refractivity contribution in [1.82, 2.24) is 9.80 Å². The first kappa shape index (κ1) is 12.9. The minimum absolute atomic E-state index is 0.353. The molecule has 1 saturated carbocycles. The van der Waals surface area contributed by atoms with Gasteiger partial charge in [-0.3, -0.25) is 9.69 Å². The van der Waals surface area contributed by atoms with Gasteiger partial charge in [0.1, 0.15) is 0 Å². The molecule has 0 spiro atoms. The van der Waals surface area contributed by atoms with Crippen LogP contribution in [-0.4, -0.2) is 47.9 Å². The number of nitrogens with zero attached hydrogens (tertiary/aromatic N) is 2. The Morgan fingerprint density at radius 1 is 1.12 bits per heavy atom. The van der Waals surface area contributed by atoms with Crippen molar-refractivity contribution >= 4 is 5.91 Å². The molecule has 0 aromatic rings. The fourth-order valence-corrected chi connectivity index (χ4v) is 3.08. The largest absolute Gasteiger partial charge is 0.340 e. The summed E-state index contributed by atoms with van der Waals surface area (Å²) < 4.78 is 0. The third-order valence-electron chi connectivity index (χ3n) is 4.09. The first-order valence-electron chi connectivity index (χ1n) is 7.18. The number of hydrogen-bond acceptors (Lipinski definition) is 2. The highest BCUT2D eigenvalue weighted by atomic mass is 16.2. The molecule has 98 valence electrons. The number of piperazine rings is 1. The van der Waals surface area contributed by atoms with Gasteiger partial charge >= 0.3 is 0 Å². The van der Waals surface area contributed by atoms with Crippen molar-refractivity contribution in [2.75, 3.05) is 26.2 Å². The van der Waals surface area contributed by atoms with Crippen molar-refractivity contribution in [2.45, 2.75) is 52.0 Å². The summed E-state index contributed by atoms with van der Waals surface area (Å²) in [4.78, 5) is 16.6. The molecule has 1 aliphatic heterocycles. The van der Waals surface area contributed by atoms with Gasteiger partial charge in [-0.05, 0) is 18.8 Å². The summed E-state index contributed by atoms with van der Waals surface area (Å²) in [5.41, 5.74) is 0. The van der Waals surface area contributed by atoms with E-state index in [0.29, 0.717) is 18.2 Å². The summed E-state index contributed by atoms with van der Waals surface area (Å²) in [5, 5.41) is 0. The van der Waals surface area contributed by atoms with Crippen LogP contribution in [0.25, 0.3) is 0 Å². The minimum Gasteiger partial charge on any atom is -0.340 e. The quantitative estimate of drug-likeness (QED) is 0.752. The average Bonchev–Trinajstić information content (AvgIpc) is 2.82. The van der Waals surface area contributed by atoms with Gasteiger partial charge in [0.05, 0.1) is 0 Å². The Morgan fingerprint density at radius 3 is 2.24 bits per heavy atom. The SMILES string of the molecule is CC(C)CC(=O)N1CCN(C2CCCC2)CC1. The summed E-state index contributed by atoms with van der Waals surface area (Å²) in [5.74, 6) is 0.835. The van der Waals surface area contributed by atoms with E-state index in [0.717, 1.165) is 32.2 Å². The Morgan fingerprint density at radius 2 is 1.71 bits per heavy atom. The summed E-state index contributed by atoms with van der Waals surface area (Å²) in [6.07, 6.45) is 6.26. The average molecular weight is 238 g/mol. The number of carbonyl (C=O) groups excluding carboxylic acids is 1. The van der Waals surface area contributed by atoms with Crippen LogP contribution >= 0.6 is 0 Å². The van der Waals surface area contributed by atoms with Crippen LogP contribution in [0, 0.1) is 5.92 Å². The van der Waals surface area contributed by atoms with Gasteiger partial charge in [0, 0.05) is 38.6 Å². The van der Waals surface area contributed by atoms with Crippen molar-refractivity contribution in [3.63, 3.8) is 0 Å². The Balaban J connectivity index is 1.75. The smallest absolute Gasteiger partial charge is 0.222 e. The van der Waals surface area contributed by atoms with Crippen LogP contribution in [0.3, 0.4) is 0 Å². The van der Waals surface area contributed by atoms with Gasteiger partial charge in [-0.1, -0.05) is 26.7 Å². The zero-order chi connectivity index (χ0) is 12.3. The van der Waals surface area contributed by atoms with Crippen LogP contribution in [0.5, 0.6) is 0 Å². The van der Waals surface area contributed by atoms with Crippen molar-refractivity contribution in [3.05, 3.63) is 0 Å². The molecule has 3 nitrogen and oxygen atoms in total. The van der Waals surface area contributed by atoms with Crippen LogP contribution < -0.4 is 0 Å². The summed E-state index contributed by atoms with van der Waals surface area (Å²) >= 11 is 0. The van der Waals surface area contributed by atoms with E-state index in [1.165, 1.54) is 25.7 Å². The molecule has 0 atom stereocenters. The molecule has 2 fully saturated rings. The molecule has 3 heteroatoms. The molecule has 0 aromatic carbocycles. The predicted octanol–water partition coefficient (Wildman–Crippen LogP) is 2.12. The number of rotatable bonds is 3. The first-order valence-corrected chi connectivity index (χ1v) is 7.18. The van der Waals surface area contributed by atoms with Crippen LogP contribution in [0.1, 0.15) is 46.0 Å². The molecule has 2 aliphatic rings. The molecule has 1 amide bonds. The molecule has 0 unspecified atom stereocenters. The maximum absolute atomic E-state index is 11.9. The van der Waals surface area contributed by atoms with Crippen molar-refractivity contribution in [2.24, 2.45) is 5.92 Å². The highest BCUT2D eigenvalue weighted by Gasteiger charge is 2.27. The third-order valence-corrected chi connectivity index (χ3v) is 4.09. The van der Waals surface area contributed by atoms with Crippen LogP contribution in [0.4, 0.5) is 0 Å². The van der Waals surface area contributed by atoms with Gasteiger partial charge in [-0.25, -0.2) is 0 Å². The van der Waals surface area contributed by atoms with Gasteiger partial charge in [0.25, 0.3) is 0 Å². The molecular weight excluding hydrogens is 212 g/mol. The molecular formula is C14H26N2O. The van der Waals surface area contributed by atoms with Gasteiger partial charge < -0.3 is 4.90 Å². The summed E-state index contributed by atoms with van der Waals surface area (Å²) in [7, 11) is 0. The predicted molar refractivity (Wildman–Crippen MR) is 69.9 cm³/mol. The third kappa shape index (κ3) is 3.44. The molecule has 1 aliphatic carbocycles. The monoisotopic (exact) mass is 238 g/mol. The zero-order valence-corrected chi connectivity index (χ0v) is 11.3. The van der Waals surface area contributed by atoms with Gasteiger partial charge in [-0.15, -0.1) is 0 Å². The maximum atomic E-state index is 11.9. The van der Waals surface area contributed by atoms with E-state index < -0.39 is 0 Å². The minimum atomic E-state index is 0.353. The topological polar surface area (TPSA) is 23.6 Å². The highest BCUT2D eigenvalue weighted by Crippen LogP contribution is 2.24. The van der Waals surface area contributed by atoms with E-state index in [2.05, 4.69) is 23.6 Å². The van der Waals surface area contributed by atoms with E-state index >= 15 is 0 Å². The molecule has 2 rings (SSSR count). The van der Waals surface area contributed by atoms with Gasteiger partial charge in [0.15, 0.2) is 0 Å². The Bertz CT molecular complexity index is 251. The van der Waals surface area contributed by atoms with Gasteiger partial charge in [-0.2, -0.15) is 0 Å². The lowest BCUT2D eigenvalue weighted by Crippen LogP contribution is -2.51. The lowest BCUT2D eigenvalue weighted by atomic mass is 10.1. The molecule has 1 heterocycles.